The van der Waals surface area contributed by atoms with Gasteiger partial charge in [-0.15, -0.1) is 0 Å². The van der Waals surface area contributed by atoms with Crippen molar-refractivity contribution in [3.63, 3.8) is 0 Å². The molecule has 5 nitrogen and oxygen atoms in total. The monoisotopic (exact) mass is 406 g/mol. The number of aryl methyl sites for hydroxylation is 1. The van der Waals surface area contributed by atoms with Crippen LogP contribution >= 0.6 is 11.6 Å². The van der Waals surface area contributed by atoms with Crippen LogP contribution in [0.5, 0.6) is 5.75 Å². The fraction of sp³-hybridized carbons (Fsp3) is 0.130. The van der Waals surface area contributed by atoms with Crippen molar-refractivity contribution in [2.75, 3.05) is 13.2 Å². The van der Waals surface area contributed by atoms with E-state index in [1.165, 1.54) is 0 Å². The largest absolute Gasteiger partial charge is 0.492 e. The van der Waals surface area contributed by atoms with Crippen molar-refractivity contribution < 1.29 is 14.1 Å². The number of hydrogen-bond donors (Lipinski definition) is 1. The number of nitrogens with zero attached hydrogens (tertiary/aromatic N) is 1. The van der Waals surface area contributed by atoms with E-state index in [0.717, 1.165) is 16.5 Å². The molecule has 0 aliphatic rings. The van der Waals surface area contributed by atoms with E-state index in [0.29, 0.717) is 40.8 Å². The molecule has 0 saturated carbocycles. The van der Waals surface area contributed by atoms with Gasteiger partial charge in [0, 0.05) is 5.56 Å². The maximum Gasteiger partial charge on any atom is 0.257 e. The molecule has 0 unspecified atom stereocenters. The van der Waals surface area contributed by atoms with Crippen LogP contribution in [-0.4, -0.2) is 24.2 Å². The van der Waals surface area contributed by atoms with Gasteiger partial charge < -0.3 is 14.6 Å². The normalized spacial score (nSPS) is 10.8. The summed E-state index contributed by atoms with van der Waals surface area (Å²) >= 11 is 6.25. The SMILES string of the molecule is Cc1onc(-c2ccccc2Cl)c1C(=O)NCCOc1ccc2ccccc2c1. The van der Waals surface area contributed by atoms with Gasteiger partial charge in [0.1, 0.15) is 29.4 Å². The number of fused-ring (bicyclic) bond motifs is 1. The summed E-state index contributed by atoms with van der Waals surface area (Å²) in [6, 6.07) is 21.2. The lowest BCUT2D eigenvalue weighted by Crippen LogP contribution is -2.28. The Labute approximate surface area is 173 Å². The van der Waals surface area contributed by atoms with Crippen molar-refractivity contribution in [3.05, 3.63) is 83.1 Å². The number of hydrogen-bond acceptors (Lipinski definition) is 4. The Balaban J connectivity index is 1.40. The quantitative estimate of drug-likeness (QED) is 0.443. The molecular formula is C23H19ClN2O3. The average molecular weight is 407 g/mol. The third kappa shape index (κ3) is 4.10. The lowest BCUT2D eigenvalue weighted by molar-refractivity contribution is 0.0946. The highest BCUT2D eigenvalue weighted by Crippen LogP contribution is 2.30. The van der Waals surface area contributed by atoms with Crippen molar-refractivity contribution in [2.24, 2.45) is 0 Å². The number of amides is 1. The van der Waals surface area contributed by atoms with E-state index in [1.807, 2.05) is 48.5 Å². The van der Waals surface area contributed by atoms with E-state index in [9.17, 15) is 4.79 Å². The summed E-state index contributed by atoms with van der Waals surface area (Å²) in [5.74, 6) is 0.921. The van der Waals surface area contributed by atoms with Crippen molar-refractivity contribution in [3.8, 4) is 17.0 Å². The van der Waals surface area contributed by atoms with Gasteiger partial charge in [0.05, 0.1) is 11.6 Å². The number of nitrogens with one attached hydrogen (secondary N) is 1. The van der Waals surface area contributed by atoms with Crippen LogP contribution in [0, 0.1) is 6.92 Å². The Kier molecular flexibility index (Phi) is 5.49. The number of aromatic nitrogens is 1. The molecule has 3 aromatic carbocycles. The van der Waals surface area contributed by atoms with Crippen LogP contribution in [0.15, 0.2) is 71.3 Å². The highest BCUT2D eigenvalue weighted by Gasteiger charge is 2.22. The molecule has 0 saturated heterocycles. The molecule has 0 bridgehead atoms. The third-order valence-corrected chi connectivity index (χ3v) is 4.93. The fourth-order valence-electron chi connectivity index (χ4n) is 3.16. The second-order valence-corrected chi connectivity index (χ2v) is 6.96. The Morgan fingerprint density at radius 3 is 2.66 bits per heavy atom. The van der Waals surface area contributed by atoms with Crippen LogP contribution in [0.2, 0.25) is 5.02 Å². The van der Waals surface area contributed by atoms with Gasteiger partial charge in [-0.05, 0) is 35.9 Å². The highest BCUT2D eigenvalue weighted by molar-refractivity contribution is 6.33. The summed E-state index contributed by atoms with van der Waals surface area (Å²) < 4.78 is 11.0. The molecule has 4 aromatic rings. The van der Waals surface area contributed by atoms with E-state index in [2.05, 4.69) is 16.5 Å². The lowest BCUT2D eigenvalue weighted by atomic mass is 10.1. The molecule has 0 atom stereocenters. The summed E-state index contributed by atoms with van der Waals surface area (Å²) in [4.78, 5) is 12.7. The standard InChI is InChI=1S/C23H19ClN2O3/c1-15-21(22(26-29-15)19-8-4-5-9-20(19)24)23(27)25-12-13-28-18-11-10-16-6-2-3-7-17(16)14-18/h2-11,14H,12-13H2,1H3,(H,25,27). The first-order valence-corrected chi connectivity index (χ1v) is 9.62. The van der Waals surface area contributed by atoms with Gasteiger partial charge in [-0.2, -0.15) is 0 Å². The minimum absolute atomic E-state index is 0.277. The first-order chi connectivity index (χ1) is 14.1. The summed E-state index contributed by atoms with van der Waals surface area (Å²) in [6.07, 6.45) is 0. The number of halogens is 1. The van der Waals surface area contributed by atoms with E-state index < -0.39 is 0 Å². The smallest absolute Gasteiger partial charge is 0.257 e. The topological polar surface area (TPSA) is 64.4 Å². The summed E-state index contributed by atoms with van der Waals surface area (Å²) in [5.41, 5.74) is 1.47. The zero-order chi connectivity index (χ0) is 20.2. The van der Waals surface area contributed by atoms with E-state index in [4.69, 9.17) is 20.9 Å². The Hall–Kier alpha value is -3.31. The first-order valence-electron chi connectivity index (χ1n) is 9.24. The molecular weight excluding hydrogens is 388 g/mol. The Bertz CT molecular complexity index is 1170. The number of carbonyl (C=O) groups excluding carboxylic acids is 1. The fourth-order valence-corrected chi connectivity index (χ4v) is 3.38. The van der Waals surface area contributed by atoms with E-state index >= 15 is 0 Å². The minimum atomic E-state index is -0.277. The summed E-state index contributed by atoms with van der Waals surface area (Å²) in [6.45, 7) is 2.39. The van der Waals surface area contributed by atoms with Crippen LogP contribution in [0.25, 0.3) is 22.0 Å². The van der Waals surface area contributed by atoms with E-state index in [-0.39, 0.29) is 5.91 Å². The summed E-state index contributed by atoms with van der Waals surface area (Å²) in [7, 11) is 0. The van der Waals surface area contributed by atoms with Crippen molar-refractivity contribution in [1.82, 2.24) is 10.5 Å². The maximum atomic E-state index is 12.7. The molecule has 146 valence electrons. The van der Waals surface area contributed by atoms with Crippen LogP contribution in [0.1, 0.15) is 16.1 Å². The molecule has 6 heteroatoms. The molecule has 0 aliphatic heterocycles. The van der Waals surface area contributed by atoms with Crippen LogP contribution in [0.4, 0.5) is 0 Å². The van der Waals surface area contributed by atoms with Crippen molar-refractivity contribution in [2.45, 2.75) is 6.92 Å². The van der Waals surface area contributed by atoms with E-state index in [1.54, 1.807) is 19.1 Å². The summed E-state index contributed by atoms with van der Waals surface area (Å²) in [5, 5.41) is 9.65. The first kappa shape index (κ1) is 19.0. The average Bonchev–Trinajstić information content (AvgIpc) is 3.12. The molecule has 0 aliphatic carbocycles. The Morgan fingerprint density at radius 2 is 1.83 bits per heavy atom. The zero-order valence-electron chi connectivity index (χ0n) is 15.8. The predicted octanol–water partition coefficient (Wildman–Crippen LogP) is 5.27. The van der Waals surface area contributed by atoms with Crippen LogP contribution in [0.3, 0.4) is 0 Å². The number of ether oxygens (including phenoxy) is 1. The molecule has 1 N–H and O–H groups in total. The molecule has 4 rings (SSSR count). The minimum Gasteiger partial charge on any atom is -0.492 e. The van der Waals surface area contributed by atoms with Gasteiger partial charge in [-0.3, -0.25) is 4.79 Å². The molecule has 1 amide bonds. The molecule has 1 heterocycles. The van der Waals surface area contributed by atoms with Crippen LogP contribution < -0.4 is 10.1 Å². The number of rotatable bonds is 6. The molecule has 0 spiro atoms. The van der Waals surface area contributed by atoms with Gasteiger partial charge in [-0.25, -0.2) is 0 Å². The molecule has 29 heavy (non-hydrogen) atoms. The van der Waals surface area contributed by atoms with Crippen LogP contribution in [-0.2, 0) is 0 Å². The molecule has 1 aromatic heterocycles. The predicted molar refractivity (Wildman–Crippen MR) is 113 cm³/mol. The third-order valence-electron chi connectivity index (χ3n) is 4.60. The second-order valence-electron chi connectivity index (χ2n) is 6.56. The maximum absolute atomic E-state index is 12.7. The number of carbonyl (C=O) groups is 1. The number of benzene rings is 3. The zero-order valence-corrected chi connectivity index (χ0v) is 16.6. The second kappa shape index (κ2) is 8.37. The Morgan fingerprint density at radius 1 is 1.07 bits per heavy atom. The van der Waals surface area contributed by atoms with Gasteiger partial charge in [-0.1, -0.05) is 65.3 Å². The van der Waals surface area contributed by atoms with Crippen molar-refractivity contribution in [1.29, 1.82) is 0 Å². The van der Waals surface area contributed by atoms with Gasteiger partial charge in [0.2, 0.25) is 0 Å². The van der Waals surface area contributed by atoms with Gasteiger partial charge >= 0.3 is 0 Å². The molecule has 0 fully saturated rings. The highest BCUT2D eigenvalue weighted by atomic mass is 35.5. The lowest BCUT2D eigenvalue weighted by Gasteiger charge is -2.09. The van der Waals surface area contributed by atoms with Gasteiger partial charge in [0.15, 0.2) is 0 Å². The van der Waals surface area contributed by atoms with Crippen molar-refractivity contribution >= 4 is 28.3 Å². The van der Waals surface area contributed by atoms with Gasteiger partial charge in [0.25, 0.3) is 5.91 Å². The molecule has 0 radical (unpaired) electrons.